The van der Waals surface area contributed by atoms with Crippen molar-refractivity contribution in [3.63, 3.8) is 0 Å². The maximum Gasteiger partial charge on any atom is 0.251 e. The Hall–Kier alpha value is -2.77. The first kappa shape index (κ1) is 18.0. The molecule has 0 fully saturated rings. The average Bonchev–Trinajstić information content (AvgIpc) is 2.61. The number of hydrogen-bond donors (Lipinski definition) is 2. The zero-order chi connectivity index (χ0) is 18.9. The van der Waals surface area contributed by atoms with Crippen molar-refractivity contribution in [2.45, 2.75) is 25.3 Å². The van der Waals surface area contributed by atoms with Crippen LogP contribution in [-0.2, 0) is 16.6 Å². The first-order chi connectivity index (χ1) is 12.3. The van der Waals surface area contributed by atoms with Gasteiger partial charge in [0, 0.05) is 23.2 Å². The van der Waals surface area contributed by atoms with E-state index in [0.717, 1.165) is 10.9 Å². The molecule has 0 bridgehead atoms. The summed E-state index contributed by atoms with van der Waals surface area (Å²) in [6, 6.07) is 12.9. The van der Waals surface area contributed by atoms with Gasteiger partial charge in [-0.05, 0) is 55.1 Å². The molecule has 1 aromatic heterocycles. The summed E-state index contributed by atoms with van der Waals surface area (Å²) in [7, 11) is -3.69. The highest BCUT2D eigenvalue weighted by Crippen LogP contribution is 2.15. The number of Topliss-reactive ketones (excluding diaryl/α,β-unsaturated/α-hetero) is 1. The smallest absolute Gasteiger partial charge is 0.251 e. The minimum Gasteiger partial charge on any atom is -0.322 e. The van der Waals surface area contributed by atoms with Crippen molar-refractivity contribution in [1.82, 2.24) is 9.71 Å². The SMILES string of the molecule is CC(=O)c1ccc(S(=O)(=O)NCc2ccc3[nH]c(=O)c(C)cc3c2)cc1. The molecule has 3 rings (SSSR count). The van der Waals surface area contributed by atoms with Crippen molar-refractivity contribution in [1.29, 1.82) is 0 Å². The highest BCUT2D eigenvalue weighted by Gasteiger charge is 2.14. The number of aromatic amines is 1. The van der Waals surface area contributed by atoms with Crippen LogP contribution in [0.2, 0.25) is 0 Å². The minimum absolute atomic E-state index is 0.100. The fourth-order valence-corrected chi connectivity index (χ4v) is 3.62. The Labute approximate surface area is 150 Å². The fourth-order valence-electron chi connectivity index (χ4n) is 2.61. The van der Waals surface area contributed by atoms with Gasteiger partial charge in [-0.25, -0.2) is 13.1 Å². The Balaban J connectivity index is 1.81. The zero-order valence-electron chi connectivity index (χ0n) is 14.4. The lowest BCUT2D eigenvalue weighted by Crippen LogP contribution is -2.23. The summed E-state index contributed by atoms with van der Waals surface area (Å²) >= 11 is 0. The van der Waals surface area contributed by atoms with Crippen LogP contribution in [0.4, 0.5) is 0 Å². The number of ketones is 1. The summed E-state index contributed by atoms with van der Waals surface area (Å²) in [4.78, 5) is 25.8. The van der Waals surface area contributed by atoms with Crippen molar-refractivity contribution >= 4 is 26.7 Å². The Morgan fingerprint density at radius 1 is 1.08 bits per heavy atom. The number of hydrogen-bond acceptors (Lipinski definition) is 4. The molecule has 7 heteroatoms. The number of pyridine rings is 1. The first-order valence-corrected chi connectivity index (χ1v) is 9.48. The van der Waals surface area contributed by atoms with Crippen LogP contribution in [0.1, 0.15) is 28.4 Å². The van der Waals surface area contributed by atoms with Gasteiger partial charge in [-0.2, -0.15) is 0 Å². The van der Waals surface area contributed by atoms with Crippen LogP contribution in [0.25, 0.3) is 10.9 Å². The molecule has 6 nitrogen and oxygen atoms in total. The van der Waals surface area contributed by atoms with E-state index in [1.54, 1.807) is 25.1 Å². The topological polar surface area (TPSA) is 96.1 Å². The summed E-state index contributed by atoms with van der Waals surface area (Å²) in [5.41, 5.74) is 2.39. The van der Waals surface area contributed by atoms with Gasteiger partial charge >= 0.3 is 0 Å². The Morgan fingerprint density at radius 3 is 2.42 bits per heavy atom. The minimum atomic E-state index is -3.69. The molecule has 0 amide bonds. The summed E-state index contributed by atoms with van der Waals surface area (Å²) < 4.78 is 27.4. The largest absolute Gasteiger partial charge is 0.322 e. The number of aromatic nitrogens is 1. The number of carbonyl (C=O) groups excluding carboxylic acids is 1. The Bertz CT molecular complexity index is 1150. The standard InChI is InChI=1S/C19H18N2O4S/c1-12-9-16-10-14(3-8-18(16)21-19(12)23)11-20-26(24,25)17-6-4-15(5-7-17)13(2)22/h3-10,20H,11H2,1-2H3,(H,21,23). The molecule has 0 saturated heterocycles. The van der Waals surface area contributed by atoms with Gasteiger partial charge in [0.05, 0.1) is 4.90 Å². The molecule has 1 heterocycles. The Kier molecular flexibility index (Phi) is 4.76. The molecule has 0 spiro atoms. The van der Waals surface area contributed by atoms with Crippen LogP contribution >= 0.6 is 0 Å². The number of sulfonamides is 1. The molecule has 0 saturated carbocycles. The van der Waals surface area contributed by atoms with E-state index in [1.165, 1.54) is 31.2 Å². The van der Waals surface area contributed by atoms with Crippen molar-refractivity contribution in [3.05, 3.63) is 75.6 Å². The summed E-state index contributed by atoms with van der Waals surface area (Å²) in [6.07, 6.45) is 0. The van der Waals surface area contributed by atoms with Crippen LogP contribution in [0, 0.1) is 6.92 Å². The molecule has 26 heavy (non-hydrogen) atoms. The zero-order valence-corrected chi connectivity index (χ0v) is 15.2. The summed E-state index contributed by atoms with van der Waals surface area (Å²) in [5, 5.41) is 0.838. The van der Waals surface area contributed by atoms with E-state index in [4.69, 9.17) is 0 Å². The van der Waals surface area contributed by atoms with Crippen molar-refractivity contribution in [3.8, 4) is 0 Å². The van der Waals surface area contributed by atoms with E-state index in [1.807, 2.05) is 6.07 Å². The molecular formula is C19H18N2O4S. The van der Waals surface area contributed by atoms with Gasteiger partial charge in [-0.1, -0.05) is 18.2 Å². The predicted molar refractivity (Wildman–Crippen MR) is 99.8 cm³/mol. The molecule has 2 N–H and O–H groups in total. The second-order valence-corrected chi connectivity index (χ2v) is 7.88. The molecule has 2 aromatic carbocycles. The monoisotopic (exact) mass is 370 g/mol. The van der Waals surface area contributed by atoms with E-state index < -0.39 is 10.0 Å². The fraction of sp³-hybridized carbons (Fsp3) is 0.158. The van der Waals surface area contributed by atoms with Gasteiger partial charge in [-0.15, -0.1) is 0 Å². The predicted octanol–water partition coefficient (Wildman–Crippen LogP) is 2.52. The van der Waals surface area contributed by atoms with Crippen LogP contribution in [-0.4, -0.2) is 19.2 Å². The number of fused-ring (bicyclic) bond motifs is 1. The lowest BCUT2D eigenvalue weighted by atomic mass is 10.1. The molecule has 0 aliphatic rings. The lowest BCUT2D eigenvalue weighted by molar-refractivity contribution is 0.101. The van der Waals surface area contributed by atoms with Gasteiger partial charge in [0.2, 0.25) is 10.0 Å². The van der Waals surface area contributed by atoms with E-state index in [-0.39, 0.29) is 22.8 Å². The second kappa shape index (κ2) is 6.86. The molecule has 0 unspecified atom stereocenters. The number of aryl methyl sites for hydroxylation is 1. The third kappa shape index (κ3) is 3.74. The molecule has 0 aliphatic heterocycles. The van der Waals surface area contributed by atoms with Gasteiger partial charge in [-0.3, -0.25) is 9.59 Å². The number of rotatable bonds is 5. The second-order valence-electron chi connectivity index (χ2n) is 6.11. The van der Waals surface area contributed by atoms with Gasteiger partial charge in [0.25, 0.3) is 5.56 Å². The van der Waals surface area contributed by atoms with E-state index in [2.05, 4.69) is 9.71 Å². The highest BCUT2D eigenvalue weighted by molar-refractivity contribution is 7.89. The molecule has 0 radical (unpaired) electrons. The van der Waals surface area contributed by atoms with Gasteiger partial charge < -0.3 is 4.98 Å². The van der Waals surface area contributed by atoms with E-state index >= 15 is 0 Å². The Morgan fingerprint density at radius 2 is 1.77 bits per heavy atom. The number of carbonyl (C=O) groups is 1. The van der Waals surface area contributed by atoms with Crippen molar-refractivity contribution < 1.29 is 13.2 Å². The third-order valence-corrected chi connectivity index (χ3v) is 5.55. The lowest BCUT2D eigenvalue weighted by Gasteiger charge is -2.08. The first-order valence-electron chi connectivity index (χ1n) is 7.99. The van der Waals surface area contributed by atoms with Crippen LogP contribution in [0.3, 0.4) is 0 Å². The summed E-state index contributed by atoms with van der Waals surface area (Å²) in [5.74, 6) is -0.119. The van der Waals surface area contributed by atoms with Crippen molar-refractivity contribution in [2.24, 2.45) is 0 Å². The van der Waals surface area contributed by atoms with E-state index in [0.29, 0.717) is 16.6 Å². The maximum absolute atomic E-state index is 12.4. The van der Waals surface area contributed by atoms with Crippen LogP contribution in [0.5, 0.6) is 0 Å². The normalized spacial score (nSPS) is 11.6. The molecule has 134 valence electrons. The average molecular weight is 370 g/mol. The summed E-state index contributed by atoms with van der Waals surface area (Å²) in [6.45, 7) is 3.26. The number of H-pyrrole nitrogens is 1. The number of nitrogens with one attached hydrogen (secondary N) is 2. The van der Waals surface area contributed by atoms with E-state index in [9.17, 15) is 18.0 Å². The van der Waals surface area contributed by atoms with Crippen LogP contribution < -0.4 is 10.3 Å². The maximum atomic E-state index is 12.4. The van der Waals surface area contributed by atoms with Gasteiger partial charge in [0.15, 0.2) is 5.78 Å². The number of benzene rings is 2. The highest BCUT2D eigenvalue weighted by atomic mass is 32.2. The van der Waals surface area contributed by atoms with Gasteiger partial charge in [0.1, 0.15) is 0 Å². The molecular weight excluding hydrogens is 352 g/mol. The molecule has 0 aliphatic carbocycles. The van der Waals surface area contributed by atoms with Crippen LogP contribution in [0.15, 0.2) is 58.2 Å². The molecule has 3 aromatic rings. The molecule has 0 atom stereocenters. The third-order valence-electron chi connectivity index (χ3n) is 4.13. The van der Waals surface area contributed by atoms with Crippen molar-refractivity contribution in [2.75, 3.05) is 0 Å². The quantitative estimate of drug-likeness (QED) is 0.675.